The van der Waals surface area contributed by atoms with Crippen LogP contribution in [0.3, 0.4) is 0 Å². The van der Waals surface area contributed by atoms with E-state index in [1.54, 1.807) is 0 Å². The van der Waals surface area contributed by atoms with Gasteiger partial charge in [0.1, 0.15) is 12.1 Å². The highest BCUT2D eigenvalue weighted by atomic mass is 31.2. The van der Waals surface area contributed by atoms with Gasteiger partial charge in [-0.15, -0.1) is 0 Å². The number of carbonyl (C=O) groups is 1. The molecule has 1 rings (SSSR count). The first-order valence-electron chi connectivity index (χ1n) is 7.62. The van der Waals surface area contributed by atoms with Gasteiger partial charge in [-0.05, 0) is 18.1 Å². The fourth-order valence-electron chi connectivity index (χ4n) is 2.09. The lowest BCUT2D eigenvalue weighted by Crippen LogP contribution is -2.54. The van der Waals surface area contributed by atoms with E-state index >= 15 is 0 Å². The Morgan fingerprint density at radius 1 is 1.33 bits per heavy atom. The average molecular weight is 385 g/mol. The molecule has 0 radical (unpaired) electrons. The first-order valence-corrected chi connectivity index (χ1v) is 12.1. The van der Waals surface area contributed by atoms with E-state index in [2.05, 4.69) is 9.84 Å². The maximum absolute atomic E-state index is 11.4. The molecule has 1 aliphatic rings. The average Bonchev–Trinajstić information content (AvgIpc) is 2.61. The number of carbonyl (C=O) groups excluding carboxylic acids is 1. The van der Waals surface area contributed by atoms with Crippen LogP contribution in [0.5, 0.6) is 0 Å². The Balaban J connectivity index is 3.01. The topological polar surface area (TPSA) is 135 Å². The van der Waals surface area contributed by atoms with Crippen molar-refractivity contribution in [3.05, 3.63) is 0 Å². The van der Waals surface area contributed by atoms with Gasteiger partial charge in [-0.1, -0.05) is 20.8 Å². The third-order valence-electron chi connectivity index (χ3n) is 4.36. The summed E-state index contributed by atoms with van der Waals surface area (Å²) in [5.74, 6) is -0.372. The second kappa shape index (κ2) is 7.51. The molecule has 142 valence electrons. The molecule has 0 saturated carbocycles. The van der Waals surface area contributed by atoms with Gasteiger partial charge in [0.15, 0.2) is 14.6 Å². The number of aliphatic hydroxyl groups excluding tert-OH is 1. The van der Waals surface area contributed by atoms with E-state index in [-0.39, 0.29) is 10.9 Å². The van der Waals surface area contributed by atoms with Crippen molar-refractivity contribution in [2.24, 2.45) is 0 Å². The Hall–Kier alpha value is -0.323. The van der Waals surface area contributed by atoms with Gasteiger partial charge in [0.05, 0.1) is 12.7 Å². The van der Waals surface area contributed by atoms with Crippen LogP contribution < -0.4 is 5.32 Å². The quantitative estimate of drug-likeness (QED) is 0.388. The van der Waals surface area contributed by atoms with Gasteiger partial charge < -0.3 is 29.4 Å². The Kier molecular flexibility index (Phi) is 6.79. The molecule has 0 aliphatic carbocycles. The van der Waals surface area contributed by atoms with Crippen LogP contribution in [0.4, 0.5) is 0 Å². The van der Waals surface area contributed by atoms with Crippen molar-refractivity contribution >= 4 is 22.0 Å². The molecule has 0 aromatic heterocycles. The summed E-state index contributed by atoms with van der Waals surface area (Å²) >= 11 is 0. The van der Waals surface area contributed by atoms with E-state index in [4.69, 9.17) is 18.9 Å². The van der Waals surface area contributed by atoms with Crippen molar-refractivity contribution in [3.8, 4) is 0 Å². The number of hydrogen-bond donors (Lipinski definition) is 4. The summed E-state index contributed by atoms with van der Waals surface area (Å²) < 4.78 is 27.0. The van der Waals surface area contributed by atoms with Crippen LogP contribution in [-0.2, 0) is 23.0 Å². The third kappa shape index (κ3) is 5.89. The highest BCUT2D eigenvalue weighted by molar-refractivity contribution is 7.46. The Labute approximate surface area is 143 Å². The lowest BCUT2D eigenvalue weighted by atomic mass is 10.1. The van der Waals surface area contributed by atoms with Crippen molar-refractivity contribution in [3.63, 3.8) is 0 Å². The van der Waals surface area contributed by atoms with Crippen molar-refractivity contribution in [2.75, 3.05) is 6.61 Å². The van der Waals surface area contributed by atoms with Crippen molar-refractivity contribution in [1.29, 1.82) is 0 Å². The SMILES string of the molecule is CC(=O)NC1[C@H](O)O[C@H](COP(=O)(O)O)[C@@H]1O[Si](C)(C)C(C)(C)C. The monoisotopic (exact) mass is 385 g/mol. The van der Waals surface area contributed by atoms with Gasteiger partial charge in [0, 0.05) is 6.92 Å². The fourth-order valence-corrected chi connectivity index (χ4v) is 3.77. The molecule has 11 heteroatoms. The first kappa shape index (κ1) is 21.7. The molecule has 1 amide bonds. The number of rotatable bonds is 6. The van der Waals surface area contributed by atoms with E-state index in [9.17, 15) is 14.5 Å². The number of phosphoric acid groups is 1. The molecule has 4 atom stereocenters. The number of ether oxygens (including phenoxy) is 1. The van der Waals surface area contributed by atoms with Gasteiger partial charge in [-0.25, -0.2) is 4.57 Å². The van der Waals surface area contributed by atoms with Crippen LogP contribution in [0.15, 0.2) is 0 Å². The molecule has 9 nitrogen and oxygen atoms in total. The zero-order valence-electron chi connectivity index (χ0n) is 14.8. The van der Waals surface area contributed by atoms with Crippen molar-refractivity contribution < 1.29 is 37.9 Å². The molecule has 1 heterocycles. The molecule has 1 fully saturated rings. The fraction of sp³-hybridized carbons (Fsp3) is 0.923. The van der Waals surface area contributed by atoms with E-state index in [0.29, 0.717) is 0 Å². The number of phosphoric ester groups is 1. The van der Waals surface area contributed by atoms with E-state index in [0.717, 1.165) is 0 Å². The van der Waals surface area contributed by atoms with Crippen LogP contribution >= 0.6 is 7.82 Å². The maximum Gasteiger partial charge on any atom is 0.469 e. The second-order valence-electron chi connectivity index (χ2n) is 7.42. The zero-order valence-corrected chi connectivity index (χ0v) is 16.7. The van der Waals surface area contributed by atoms with Crippen LogP contribution in [0, 0.1) is 0 Å². The Bertz CT molecular complexity index is 503. The minimum Gasteiger partial charge on any atom is -0.409 e. The minimum absolute atomic E-state index is 0.143. The summed E-state index contributed by atoms with van der Waals surface area (Å²) in [6.45, 7) is 10.9. The smallest absolute Gasteiger partial charge is 0.409 e. The molecule has 0 bridgehead atoms. The molecular weight excluding hydrogens is 357 g/mol. The summed E-state index contributed by atoms with van der Waals surface area (Å²) in [5, 5.41) is 12.5. The number of amides is 1. The zero-order chi connectivity index (χ0) is 18.9. The van der Waals surface area contributed by atoms with Crippen molar-refractivity contribution in [1.82, 2.24) is 5.32 Å². The molecule has 1 unspecified atom stereocenters. The Morgan fingerprint density at radius 2 is 1.88 bits per heavy atom. The summed E-state index contributed by atoms with van der Waals surface area (Å²) in [5.41, 5.74) is 0. The molecule has 0 spiro atoms. The van der Waals surface area contributed by atoms with Gasteiger partial charge in [-0.2, -0.15) is 0 Å². The van der Waals surface area contributed by atoms with Gasteiger partial charge in [0.2, 0.25) is 5.91 Å². The molecule has 0 aromatic carbocycles. The van der Waals surface area contributed by atoms with E-state index < -0.39 is 47.3 Å². The number of nitrogens with one attached hydrogen (secondary N) is 1. The molecular formula is C13H28NO8PSi. The molecule has 1 saturated heterocycles. The molecule has 0 aromatic rings. The molecule has 4 N–H and O–H groups in total. The minimum atomic E-state index is -4.69. The summed E-state index contributed by atoms with van der Waals surface area (Å²) in [6.07, 6.45) is -3.05. The summed E-state index contributed by atoms with van der Waals surface area (Å²) in [7, 11) is -6.99. The van der Waals surface area contributed by atoms with Gasteiger partial charge in [-0.3, -0.25) is 9.32 Å². The predicted molar refractivity (Wildman–Crippen MR) is 88.6 cm³/mol. The molecule has 1 aliphatic heterocycles. The second-order valence-corrected chi connectivity index (χ2v) is 13.4. The largest absolute Gasteiger partial charge is 0.469 e. The predicted octanol–water partition coefficient (Wildman–Crippen LogP) is 0.708. The standard InChI is InChI=1S/C13H28NO8PSi/c1-8(15)14-10-11(22-24(5,6)13(2,3)4)9(21-12(10)16)7-20-23(17,18)19/h9-12,16H,7H2,1-6H3,(H,14,15)(H2,17,18,19)/t9-,10?,11+,12-/m1/s1. The van der Waals surface area contributed by atoms with Crippen LogP contribution in [0.1, 0.15) is 27.7 Å². The Morgan fingerprint density at radius 3 is 2.29 bits per heavy atom. The van der Waals surface area contributed by atoms with Crippen LogP contribution in [0.2, 0.25) is 18.1 Å². The normalized spacial score (nSPS) is 28.9. The van der Waals surface area contributed by atoms with E-state index in [1.807, 2.05) is 33.9 Å². The summed E-state index contributed by atoms with van der Waals surface area (Å²) in [6, 6.07) is -0.845. The molecule has 24 heavy (non-hydrogen) atoms. The van der Waals surface area contributed by atoms with Crippen LogP contribution in [-0.4, -0.2) is 60.3 Å². The van der Waals surface area contributed by atoms with Crippen molar-refractivity contribution in [2.45, 2.75) is 70.4 Å². The highest BCUT2D eigenvalue weighted by Crippen LogP contribution is 2.41. The first-order chi connectivity index (χ1) is 10.6. The lowest BCUT2D eigenvalue weighted by Gasteiger charge is -2.40. The maximum atomic E-state index is 11.4. The lowest BCUT2D eigenvalue weighted by molar-refractivity contribution is -0.127. The third-order valence-corrected chi connectivity index (χ3v) is 9.31. The highest BCUT2D eigenvalue weighted by Gasteiger charge is 2.50. The van der Waals surface area contributed by atoms with Gasteiger partial charge >= 0.3 is 7.82 Å². The van der Waals surface area contributed by atoms with E-state index in [1.165, 1.54) is 6.92 Å². The number of hydrogen-bond acceptors (Lipinski definition) is 6. The number of aliphatic hydroxyl groups is 1. The summed E-state index contributed by atoms with van der Waals surface area (Å²) in [4.78, 5) is 29.1. The van der Waals surface area contributed by atoms with Crippen LogP contribution in [0.25, 0.3) is 0 Å². The van der Waals surface area contributed by atoms with Gasteiger partial charge in [0.25, 0.3) is 0 Å².